The van der Waals surface area contributed by atoms with Crippen LogP contribution < -0.4 is 0 Å². The maximum Gasteiger partial charge on any atom is 0.508 e. The second kappa shape index (κ2) is 8.66. The van der Waals surface area contributed by atoms with E-state index in [1.165, 1.54) is 0 Å². The molecule has 0 aromatic heterocycles. The SMILES string of the molecule is CCOC(=O)C(CC(C)C)C[P+](=O)OCC. The minimum absolute atomic E-state index is 0.264. The molecule has 4 nitrogen and oxygen atoms in total. The zero-order chi connectivity index (χ0) is 12.6. The molecule has 0 radical (unpaired) electrons. The highest BCUT2D eigenvalue weighted by Gasteiger charge is 2.31. The lowest BCUT2D eigenvalue weighted by atomic mass is 9.99. The fourth-order valence-corrected chi connectivity index (χ4v) is 2.50. The minimum Gasteiger partial charge on any atom is -0.466 e. The minimum atomic E-state index is -1.74. The highest BCUT2D eigenvalue weighted by Crippen LogP contribution is 2.29. The quantitative estimate of drug-likeness (QED) is 0.490. The highest BCUT2D eigenvalue weighted by molar-refractivity contribution is 7.39. The number of esters is 1. The predicted octanol–water partition coefficient (Wildman–Crippen LogP) is 2.99. The standard InChI is InChI=1S/C11H22O4P/c1-5-14-11(12)10(7-9(3)4)8-16(13)15-6-2/h9-10H,5-8H2,1-4H3/q+1. The number of carbonyl (C=O) groups excluding carboxylic acids is 1. The summed E-state index contributed by atoms with van der Waals surface area (Å²) < 4.78 is 21.4. The molecule has 94 valence electrons. The van der Waals surface area contributed by atoms with E-state index < -0.39 is 8.03 Å². The predicted molar refractivity (Wildman–Crippen MR) is 63.7 cm³/mol. The van der Waals surface area contributed by atoms with Crippen LogP contribution in [-0.2, 0) is 18.6 Å². The van der Waals surface area contributed by atoms with E-state index in [0.717, 1.165) is 0 Å². The van der Waals surface area contributed by atoms with Gasteiger partial charge in [0, 0.05) is 0 Å². The van der Waals surface area contributed by atoms with E-state index in [2.05, 4.69) is 0 Å². The van der Waals surface area contributed by atoms with E-state index in [0.29, 0.717) is 25.6 Å². The molecule has 2 unspecified atom stereocenters. The molecular weight excluding hydrogens is 227 g/mol. The molecule has 0 rings (SSSR count). The van der Waals surface area contributed by atoms with Crippen molar-refractivity contribution in [2.75, 3.05) is 19.4 Å². The summed E-state index contributed by atoms with van der Waals surface area (Å²) in [7, 11) is -1.74. The summed E-state index contributed by atoms with van der Waals surface area (Å²) in [5.41, 5.74) is 0. The van der Waals surface area contributed by atoms with Gasteiger partial charge in [0.15, 0.2) is 6.16 Å². The van der Waals surface area contributed by atoms with Crippen molar-refractivity contribution < 1.29 is 18.6 Å². The van der Waals surface area contributed by atoms with Crippen molar-refractivity contribution in [1.29, 1.82) is 0 Å². The molecule has 5 heteroatoms. The van der Waals surface area contributed by atoms with E-state index in [1.807, 2.05) is 13.8 Å². The van der Waals surface area contributed by atoms with Gasteiger partial charge >= 0.3 is 14.0 Å². The smallest absolute Gasteiger partial charge is 0.466 e. The lowest BCUT2D eigenvalue weighted by molar-refractivity contribution is -0.147. The Morgan fingerprint density at radius 2 is 1.88 bits per heavy atom. The van der Waals surface area contributed by atoms with Gasteiger partial charge in [-0.3, -0.25) is 4.79 Å². The van der Waals surface area contributed by atoms with Crippen molar-refractivity contribution in [2.45, 2.75) is 34.1 Å². The van der Waals surface area contributed by atoms with E-state index >= 15 is 0 Å². The summed E-state index contributed by atoms with van der Waals surface area (Å²) in [5.74, 6) is -0.200. The highest BCUT2D eigenvalue weighted by atomic mass is 31.1. The van der Waals surface area contributed by atoms with Crippen LogP contribution in [0, 0.1) is 11.8 Å². The summed E-state index contributed by atoms with van der Waals surface area (Å²) in [6, 6.07) is 0. The summed E-state index contributed by atoms with van der Waals surface area (Å²) in [6.07, 6.45) is 0.952. The van der Waals surface area contributed by atoms with Crippen molar-refractivity contribution >= 4 is 14.0 Å². The monoisotopic (exact) mass is 249 g/mol. The van der Waals surface area contributed by atoms with Crippen LogP contribution in [0.3, 0.4) is 0 Å². The van der Waals surface area contributed by atoms with Gasteiger partial charge in [0.25, 0.3) is 0 Å². The molecule has 0 aliphatic rings. The zero-order valence-electron chi connectivity index (χ0n) is 10.6. The van der Waals surface area contributed by atoms with Crippen LogP contribution in [0.25, 0.3) is 0 Å². The van der Waals surface area contributed by atoms with Gasteiger partial charge in [-0.1, -0.05) is 13.8 Å². The molecule has 2 atom stereocenters. The van der Waals surface area contributed by atoms with Gasteiger partial charge < -0.3 is 4.74 Å². The van der Waals surface area contributed by atoms with Crippen LogP contribution in [0.1, 0.15) is 34.1 Å². The summed E-state index contributed by atoms with van der Waals surface area (Å²) in [4.78, 5) is 11.6. The zero-order valence-corrected chi connectivity index (χ0v) is 11.5. The van der Waals surface area contributed by atoms with E-state index in [4.69, 9.17) is 9.26 Å². The maximum atomic E-state index is 11.6. The number of ether oxygens (including phenoxy) is 1. The average Bonchev–Trinajstić information content (AvgIpc) is 2.16. The van der Waals surface area contributed by atoms with Crippen molar-refractivity contribution in [3.63, 3.8) is 0 Å². The van der Waals surface area contributed by atoms with Gasteiger partial charge in [-0.05, 0) is 30.8 Å². The van der Waals surface area contributed by atoms with Gasteiger partial charge in [0.05, 0.1) is 13.2 Å². The molecule has 0 amide bonds. The van der Waals surface area contributed by atoms with Crippen molar-refractivity contribution in [3.8, 4) is 0 Å². The third kappa shape index (κ3) is 6.91. The Kier molecular flexibility index (Phi) is 8.40. The van der Waals surface area contributed by atoms with Crippen LogP contribution in [0.2, 0.25) is 0 Å². The third-order valence-corrected chi connectivity index (χ3v) is 3.30. The summed E-state index contributed by atoms with van der Waals surface area (Å²) in [6.45, 7) is 8.38. The average molecular weight is 249 g/mol. The molecule has 0 saturated heterocycles. The first-order valence-corrected chi connectivity index (χ1v) is 7.11. The topological polar surface area (TPSA) is 52.6 Å². The lowest BCUT2D eigenvalue weighted by Crippen LogP contribution is -2.22. The van der Waals surface area contributed by atoms with Crippen molar-refractivity contribution in [3.05, 3.63) is 0 Å². The van der Waals surface area contributed by atoms with Crippen LogP contribution in [0.5, 0.6) is 0 Å². The Bertz CT molecular complexity index is 228. The van der Waals surface area contributed by atoms with Gasteiger partial charge in [-0.25, -0.2) is 0 Å². The molecule has 0 spiro atoms. The Labute approximate surface area is 98.6 Å². The molecule has 0 heterocycles. The third-order valence-electron chi connectivity index (χ3n) is 2.02. The van der Waals surface area contributed by atoms with E-state index in [1.54, 1.807) is 13.8 Å². The second-order valence-corrected chi connectivity index (χ2v) is 5.30. The molecule has 0 aromatic rings. The molecule has 16 heavy (non-hydrogen) atoms. The first-order valence-electron chi connectivity index (χ1n) is 5.75. The number of hydrogen-bond donors (Lipinski definition) is 0. The molecule has 0 saturated carbocycles. The molecular formula is C11H22O4P+. The second-order valence-electron chi connectivity index (χ2n) is 4.01. The van der Waals surface area contributed by atoms with Crippen LogP contribution in [0.4, 0.5) is 0 Å². The van der Waals surface area contributed by atoms with E-state index in [-0.39, 0.29) is 18.0 Å². The number of carbonyl (C=O) groups is 1. The normalized spacial score (nSPS) is 13.7. The Hall–Kier alpha value is -0.470. The summed E-state index contributed by atoms with van der Waals surface area (Å²) in [5, 5.41) is 0. The van der Waals surface area contributed by atoms with Crippen LogP contribution >= 0.6 is 8.03 Å². The number of rotatable bonds is 8. The van der Waals surface area contributed by atoms with Crippen molar-refractivity contribution in [1.82, 2.24) is 0 Å². The molecule has 0 N–H and O–H groups in total. The van der Waals surface area contributed by atoms with Crippen molar-refractivity contribution in [2.24, 2.45) is 11.8 Å². The Balaban J connectivity index is 4.30. The van der Waals surface area contributed by atoms with E-state index in [9.17, 15) is 9.36 Å². The lowest BCUT2D eigenvalue weighted by Gasteiger charge is -2.12. The molecule has 0 aliphatic heterocycles. The van der Waals surface area contributed by atoms with Crippen LogP contribution in [-0.4, -0.2) is 25.3 Å². The van der Waals surface area contributed by atoms with Gasteiger partial charge in [-0.15, -0.1) is 4.52 Å². The first-order chi connectivity index (χ1) is 7.51. The van der Waals surface area contributed by atoms with Gasteiger partial charge in [-0.2, -0.15) is 0 Å². The Morgan fingerprint density at radius 3 is 2.31 bits per heavy atom. The van der Waals surface area contributed by atoms with Gasteiger partial charge in [0.2, 0.25) is 0 Å². The molecule has 0 aliphatic carbocycles. The fraction of sp³-hybridized carbons (Fsp3) is 0.909. The Morgan fingerprint density at radius 1 is 1.25 bits per heavy atom. The number of hydrogen-bond acceptors (Lipinski definition) is 4. The fourth-order valence-electron chi connectivity index (χ4n) is 1.45. The van der Waals surface area contributed by atoms with Crippen LogP contribution in [0.15, 0.2) is 0 Å². The maximum absolute atomic E-state index is 11.6. The largest absolute Gasteiger partial charge is 0.508 e. The molecule has 0 fully saturated rings. The van der Waals surface area contributed by atoms with Gasteiger partial charge in [0.1, 0.15) is 5.92 Å². The molecule has 0 aromatic carbocycles. The summed E-state index contributed by atoms with van der Waals surface area (Å²) >= 11 is 0. The molecule has 0 bridgehead atoms. The first kappa shape index (κ1) is 15.5.